The number of ketones is 1. The normalized spacial score (nSPS) is 13.8. The van der Waals surface area contributed by atoms with Crippen molar-refractivity contribution in [1.82, 2.24) is 0 Å². The molecule has 2 aromatic rings. The van der Waals surface area contributed by atoms with Gasteiger partial charge in [0.05, 0.1) is 0 Å². The van der Waals surface area contributed by atoms with Crippen molar-refractivity contribution in [3.8, 4) is 0 Å². The van der Waals surface area contributed by atoms with Crippen molar-refractivity contribution in [3.05, 3.63) is 71.5 Å². The third kappa shape index (κ3) is 3.52. The van der Waals surface area contributed by atoms with Gasteiger partial charge in [0, 0.05) is 18.4 Å². The van der Waals surface area contributed by atoms with Crippen LogP contribution >= 0.6 is 0 Å². The van der Waals surface area contributed by atoms with Gasteiger partial charge in [-0.3, -0.25) is 4.79 Å². The van der Waals surface area contributed by atoms with E-state index in [0.29, 0.717) is 5.56 Å². The third-order valence-corrected chi connectivity index (χ3v) is 3.50. The van der Waals surface area contributed by atoms with Crippen LogP contribution in [0.15, 0.2) is 54.6 Å². The summed E-state index contributed by atoms with van der Waals surface area (Å²) in [5.41, 5.74) is 7.75. The highest BCUT2D eigenvalue weighted by Crippen LogP contribution is 2.21. The molecule has 0 saturated heterocycles. The molecule has 2 nitrogen and oxygen atoms in total. The van der Waals surface area contributed by atoms with Crippen LogP contribution in [-0.4, -0.2) is 5.78 Å². The van der Waals surface area contributed by atoms with E-state index in [-0.39, 0.29) is 30.0 Å². The van der Waals surface area contributed by atoms with E-state index >= 15 is 0 Å². The van der Waals surface area contributed by atoms with Crippen LogP contribution in [0, 0.1) is 11.7 Å². The van der Waals surface area contributed by atoms with E-state index in [1.165, 1.54) is 12.1 Å². The number of benzene rings is 2. The van der Waals surface area contributed by atoms with Crippen LogP contribution in [0.1, 0.15) is 24.1 Å². The van der Waals surface area contributed by atoms with E-state index in [4.69, 9.17) is 5.73 Å². The molecule has 2 aromatic carbocycles. The SMILES string of the molecule is CC(C(=O)Cc1cccc(F)c1)C(N)c1ccccc1. The lowest BCUT2D eigenvalue weighted by molar-refractivity contribution is -0.122. The van der Waals surface area contributed by atoms with Gasteiger partial charge in [-0.2, -0.15) is 0 Å². The quantitative estimate of drug-likeness (QED) is 0.907. The molecule has 0 saturated carbocycles. The standard InChI is InChI=1S/C17H18FNO/c1-12(17(19)14-7-3-2-4-8-14)16(20)11-13-6-5-9-15(18)10-13/h2-10,12,17H,11,19H2,1H3. The number of rotatable bonds is 5. The summed E-state index contributed by atoms with van der Waals surface area (Å²) in [7, 11) is 0. The lowest BCUT2D eigenvalue weighted by Gasteiger charge is -2.19. The second-order valence-electron chi connectivity index (χ2n) is 5.00. The molecule has 0 fully saturated rings. The summed E-state index contributed by atoms with van der Waals surface area (Å²) in [6.45, 7) is 1.82. The first kappa shape index (κ1) is 14.4. The molecule has 0 radical (unpaired) electrons. The Balaban J connectivity index is 2.05. The van der Waals surface area contributed by atoms with Crippen LogP contribution < -0.4 is 5.73 Å². The third-order valence-electron chi connectivity index (χ3n) is 3.50. The topological polar surface area (TPSA) is 43.1 Å². The van der Waals surface area contributed by atoms with E-state index in [9.17, 15) is 9.18 Å². The van der Waals surface area contributed by atoms with Gasteiger partial charge in [-0.05, 0) is 23.3 Å². The van der Waals surface area contributed by atoms with Crippen molar-refractivity contribution in [1.29, 1.82) is 0 Å². The van der Waals surface area contributed by atoms with Gasteiger partial charge in [0.2, 0.25) is 0 Å². The largest absolute Gasteiger partial charge is 0.323 e. The molecular formula is C17H18FNO. The van der Waals surface area contributed by atoms with Crippen molar-refractivity contribution < 1.29 is 9.18 Å². The maximum Gasteiger partial charge on any atom is 0.141 e. The molecule has 0 bridgehead atoms. The molecule has 0 aliphatic rings. The van der Waals surface area contributed by atoms with Crippen LogP contribution in [0.5, 0.6) is 0 Å². The highest BCUT2D eigenvalue weighted by molar-refractivity contribution is 5.83. The van der Waals surface area contributed by atoms with Crippen LogP contribution in [0.25, 0.3) is 0 Å². The molecule has 2 unspecified atom stereocenters. The summed E-state index contributed by atoms with van der Waals surface area (Å²) in [5, 5.41) is 0. The average molecular weight is 271 g/mol. The summed E-state index contributed by atoms with van der Waals surface area (Å²) in [4.78, 5) is 12.2. The van der Waals surface area contributed by atoms with Gasteiger partial charge in [0.25, 0.3) is 0 Å². The number of hydrogen-bond acceptors (Lipinski definition) is 2. The number of carbonyl (C=O) groups is 1. The molecule has 3 heteroatoms. The molecule has 0 aliphatic carbocycles. The zero-order valence-electron chi connectivity index (χ0n) is 11.4. The predicted octanol–water partition coefficient (Wildman–Crippen LogP) is 3.27. The number of carbonyl (C=O) groups excluding carboxylic acids is 1. The number of nitrogens with two attached hydrogens (primary N) is 1. The van der Waals surface area contributed by atoms with Crippen molar-refractivity contribution in [2.75, 3.05) is 0 Å². The van der Waals surface area contributed by atoms with Crippen molar-refractivity contribution in [2.45, 2.75) is 19.4 Å². The molecule has 0 heterocycles. The fraction of sp³-hybridized carbons (Fsp3) is 0.235. The fourth-order valence-corrected chi connectivity index (χ4v) is 2.17. The molecule has 104 valence electrons. The highest BCUT2D eigenvalue weighted by Gasteiger charge is 2.22. The van der Waals surface area contributed by atoms with E-state index < -0.39 is 0 Å². The van der Waals surface area contributed by atoms with E-state index in [1.807, 2.05) is 37.3 Å². The van der Waals surface area contributed by atoms with E-state index in [0.717, 1.165) is 5.56 Å². The maximum atomic E-state index is 13.1. The number of hydrogen-bond donors (Lipinski definition) is 1. The second-order valence-corrected chi connectivity index (χ2v) is 5.00. The van der Waals surface area contributed by atoms with E-state index in [2.05, 4.69) is 0 Å². The Labute approximate surface area is 118 Å². The Morgan fingerprint density at radius 1 is 1.15 bits per heavy atom. The minimum Gasteiger partial charge on any atom is -0.323 e. The summed E-state index contributed by atoms with van der Waals surface area (Å²) >= 11 is 0. The lowest BCUT2D eigenvalue weighted by atomic mass is 9.89. The number of Topliss-reactive ketones (excluding diaryl/α,β-unsaturated/α-hetero) is 1. The molecule has 2 N–H and O–H groups in total. The summed E-state index contributed by atoms with van der Waals surface area (Å²) in [5.74, 6) is -0.608. The fourth-order valence-electron chi connectivity index (χ4n) is 2.17. The van der Waals surface area contributed by atoms with Gasteiger partial charge >= 0.3 is 0 Å². The molecule has 0 spiro atoms. The lowest BCUT2D eigenvalue weighted by Crippen LogP contribution is -2.27. The van der Waals surface area contributed by atoms with Gasteiger partial charge < -0.3 is 5.73 Å². The zero-order valence-corrected chi connectivity index (χ0v) is 11.4. The smallest absolute Gasteiger partial charge is 0.141 e. The van der Waals surface area contributed by atoms with E-state index in [1.54, 1.807) is 12.1 Å². The monoisotopic (exact) mass is 271 g/mol. The Morgan fingerprint density at radius 2 is 1.85 bits per heavy atom. The first-order valence-corrected chi connectivity index (χ1v) is 6.65. The van der Waals surface area contributed by atoms with Crippen LogP contribution in [0.3, 0.4) is 0 Å². The van der Waals surface area contributed by atoms with Crippen LogP contribution in [0.2, 0.25) is 0 Å². The van der Waals surface area contributed by atoms with Gasteiger partial charge in [-0.15, -0.1) is 0 Å². The molecule has 0 aromatic heterocycles. The molecule has 2 rings (SSSR count). The Morgan fingerprint density at radius 3 is 2.50 bits per heavy atom. The molecule has 0 aliphatic heterocycles. The maximum absolute atomic E-state index is 13.1. The Bertz CT molecular complexity index is 583. The van der Waals surface area contributed by atoms with Gasteiger partial charge in [-0.25, -0.2) is 4.39 Å². The second kappa shape index (κ2) is 6.44. The first-order chi connectivity index (χ1) is 9.58. The molecular weight excluding hydrogens is 253 g/mol. The predicted molar refractivity (Wildman–Crippen MR) is 77.6 cm³/mol. The van der Waals surface area contributed by atoms with Gasteiger partial charge in [0.1, 0.15) is 11.6 Å². The zero-order chi connectivity index (χ0) is 14.5. The van der Waals surface area contributed by atoms with Gasteiger partial charge in [-0.1, -0.05) is 49.4 Å². The summed E-state index contributed by atoms with van der Waals surface area (Å²) in [6.07, 6.45) is 0.208. The highest BCUT2D eigenvalue weighted by atomic mass is 19.1. The Hall–Kier alpha value is -2.00. The van der Waals surface area contributed by atoms with Crippen molar-refractivity contribution >= 4 is 5.78 Å². The van der Waals surface area contributed by atoms with Gasteiger partial charge in [0.15, 0.2) is 0 Å². The minimum absolute atomic E-state index is 0.0203. The Kier molecular flexibility index (Phi) is 4.64. The molecule has 0 amide bonds. The first-order valence-electron chi connectivity index (χ1n) is 6.65. The van der Waals surface area contributed by atoms with Crippen molar-refractivity contribution in [3.63, 3.8) is 0 Å². The molecule has 20 heavy (non-hydrogen) atoms. The molecule has 2 atom stereocenters. The minimum atomic E-state index is -0.336. The summed E-state index contributed by atoms with van der Waals surface area (Å²) < 4.78 is 13.1. The average Bonchev–Trinajstić information content (AvgIpc) is 2.46. The van der Waals surface area contributed by atoms with Crippen molar-refractivity contribution in [2.24, 2.45) is 11.7 Å². The number of halogens is 1. The summed E-state index contributed by atoms with van der Waals surface area (Å²) in [6, 6.07) is 15.3. The van der Waals surface area contributed by atoms with Crippen LogP contribution in [0.4, 0.5) is 4.39 Å². The van der Waals surface area contributed by atoms with Crippen LogP contribution in [-0.2, 0) is 11.2 Å².